The maximum Gasteiger partial charge on any atom is 0.311 e. The highest BCUT2D eigenvalue weighted by Gasteiger charge is 2.26. The molecule has 0 aromatic heterocycles. The number of likely N-dealkylation sites (N-methyl/N-ethyl adjacent to an activating group) is 1. The van der Waals surface area contributed by atoms with Crippen molar-refractivity contribution in [2.75, 3.05) is 26.5 Å². The Morgan fingerprint density at radius 1 is 1.29 bits per heavy atom. The number of hydrogen-bond acceptors (Lipinski definition) is 5. The van der Waals surface area contributed by atoms with E-state index < -0.39 is 21.5 Å². The highest BCUT2D eigenvalue weighted by Crippen LogP contribution is 2.16. The number of sulfonamides is 1. The molecule has 7 heteroatoms. The van der Waals surface area contributed by atoms with Crippen LogP contribution in [0.1, 0.15) is 41.0 Å². The number of rotatable bonds is 8. The van der Waals surface area contributed by atoms with Gasteiger partial charge in [-0.2, -0.15) is 0 Å². The highest BCUT2D eigenvalue weighted by atomic mass is 32.2. The van der Waals surface area contributed by atoms with Crippen LogP contribution in [0.3, 0.4) is 0 Å². The third kappa shape index (κ3) is 8.38. The molecule has 0 heterocycles. The Hall–Kier alpha value is -0.660. The van der Waals surface area contributed by atoms with Gasteiger partial charge in [-0.1, -0.05) is 6.92 Å². The molecule has 0 aromatic rings. The first-order chi connectivity index (χ1) is 9.37. The fraction of sp³-hybridized carbons (Fsp3) is 0.929. The molecule has 2 atom stereocenters. The van der Waals surface area contributed by atoms with Crippen molar-refractivity contribution in [3.8, 4) is 0 Å². The lowest BCUT2D eigenvalue weighted by Gasteiger charge is -2.26. The lowest BCUT2D eigenvalue weighted by atomic mass is 9.97. The van der Waals surface area contributed by atoms with Crippen LogP contribution in [0.15, 0.2) is 0 Å². The predicted molar refractivity (Wildman–Crippen MR) is 82.5 cm³/mol. The fourth-order valence-corrected chi connectivity index (χ4v) is 1.80. The van der Waals surface area contributed by atoms with Gasteiger partial charge in [0.25, 0.3) is 0 Å². The molecule has 0 unspecified atom stereocenters. The number of hydrogen-bond donors (Lipinski definition) is 0. The molecule has 0 saturated heterocycles. The molecular weight excluding hydrogens is 294 g/mol. The van der Waals surface area contributed by atoms with Crippen LogP contribution in [0.2, 0.25) is 0 Å². The second-order valence-electron chi connectivity index (χ2n) is 6.37. The monoisotopic (exact) mass is 323 g/mol. The molecule has 0 saturated carbocycles. The van der Waals surface area contributed by atoms with Crippen molar-refractivity contribution in [1.82, 2.24) is 4.31 Å². The van der Waals surface area contributed by atoms with Crippen molar-refractivity contribution in [2.24, 2.45) is 5.41 Å². The standard InChI is InChI=1S/C14H29NO5S/c1-8-11(2)20-12(9-15(6)21(7,17)18)10-19-13(16)14(3,4)5/h11-12H,8-10H2,1-7H3/t11-,12-/m0/s1. The molecule has 6 nitrogen and oxygen atoms in total. The van der Waals surface area contributed by atoms with Gasteiger partial charge in [0.05, 0.1) is 17.8 Å². The summed E-state index contributed by atoms with van der Waals surface area (Å²) < 4.78 is 35.2. The fourth-order valence-electron chi connectivity index (χ4n) is 1.37. The summed E-state index contributed by atoms with van der Waals surface area (Å²) in [5, 5.41) is 0. The zero-order valence-corrected chi connectivity index (χ0v) is 15.0. The van der Waals surface area contributed by atoms with Gasteiger partial charge in [0, 0.05) is 13.6 Å². The lowest BCUT2D eigenvalue weighted by molar-refractivity contribution is -0.158. The molecule has 0 aliphatic carbocycles. The van der Waals surface area contributed by atoms with Crippen molar-refractivity contribution < 1.29 is 22.7 Å². The van der Waals surface area contributed by atoms with Gasteiger partial charge in [-0.15, -0.1) is 0 Å². The average Bonchev–Trinajstić information content (AvgIpc) is 2.32. The summed E-state index contributed by atoms with van der Waals surface area (Å²) in [6, 6.07) is 0. The van der Waals surface area contributed by atoms with Crippen molar-refractivity contribution in [1.29, 1.82) is 0 Å². The lowest BCUT2D eigenvalue weighted by Crippen LogP contribution is -2.40. The Balaban J connectivity index is 4.72. The van der Waals surface area contributed by atoms with Crippen LogP contribution < -0.4 is 0 Å². The molecule has 0 spiro atoms. The van der Waals surface area contributed by atoms with Gasteiger partial charge in [-0.3, -0.25) is 4.79 Å². The minimum atomic E-state index is -3.29. The Labute approximate surface area is 128 Å². The van der Waals surface area contributed by atoms with Crippen LogP contribution >= 0.6 is 0 Å². The molecule has 0 aliphatic heterocycles. The van der Waals surface area contributed by atoms with E-state index in [1.54, 1.807) is 20.8 Å². The first-order valence-electron chi connectivity index (χ1n) is 7.12. The second-order valence-corrected chi connectivity index (χ2v) is 8.46. The molecule has 0 amide bonds. The van der Waals surface area contributed by atoms with E-state index in [0.717, 1.165) is 12.7 Å². The maximum absolute atomic E-state index is 11.8. The first kappa shape index (κ1) is 20.3. The van der Waals surface area contributed by atoms with E-state index in [4.69, 9.17) is 9.47 Å². The molecule has 0 radical (unpaired) electrons. The molecule has 21 heavy (non-hydrogen) atoms. The van der Waals surface area contributed by atoms with E-state index >= 15 is 0 Å². The van der Waals surface area contributed by atoms with Gasteiger partial charge in [0.1, 0.15) is 12.7 Å². The van der Waals surface area contributed by atoms with Gasteiger partial charge in [-0.05, 0) is 34.1 Å². The Kier molecular flexibility index (Phi) is 7.84. The normalized spacial score (nSPS) is 15.8. The van der Waals surface area contributed by atoms with Crippen molar-refractivity contribution in [3.05, 3.63) is 0 Å². The molecule has 0 bridgehead atoms. The number of nitrogens with zero attached hydrogens (tertiary/aromatic N) is 1. The van der Waals surface area contributed by atoms with E-state index in [1.807, 2.05) is 13.8 Å². The number of carbonyl (C=O) groups excluding carboxylic acids is 1. The SMILES string of the molecule is CC[C@H](C)O[C@H](COC(=O)C(C)(C)C)CN(C)S(C)(=O)=O. The van der Waals surface area contributed by atoms with Gasteiger partial charge < -0.3 is 9.47 Å². The molecule has 0 N–H and O–H groups in total. The zero-order valence-electron chi connectivity index (χ0n) is 14.2. The summed E-state index contributed by atoms with van der Waals surface area (Å²) in [6.45, 7) is 9.37. The summed E-state index contributed by atoms with van der Waals surface area (Å²) in [6.07, 6.45) is 1.42. The summed E-state index contributed by atoms with van der Waals surface area (Å²) in [5.41, 5.74) is -0.594. The van der Waals surface area contributed by atoms with Crippen LogP contribution in [0.4, 0.5) is 0 Å². The predicted octanol–water partition coefficient (Wildman–Crippen LogP) is 1.65. The molecule has 126 valence electrons. The van der Waals surface area contributed by atoms with Crippen LogP contribution in [0.5, 0.6) is 0 Å². The number of ether oxygens (including phenoxy) is 2. The molecule has 0 fully saturated rings. The van der Waals surface area contributed by atoms with Gasteiger partial charge in [-0.25, -0.2) is 12.7 Å². The Morgan fingerprint density at radius 3 is 2.19 bits per heavy atom. The van der Waals surface area contributed by atoms with Crippen molar-refractivity contribution in [2.45, 2.75) is 53.2 Å². The first-order valence-corrected chi connectivity index (χ1v) is 8.96. The highest BCUT2D eigenvalue weighted by molar-refractivity contribution is 7.88. The van der Waals surface area contributed by atoms with Crippen molar-refractivity contribution in [3.63, 3.8) is 0 Å². The molecule has 0 aromatic carbocycles. The summed E-state index contributed by atoms with van der Waals surface area (Å²) in [7, 11) is -1.81. The Morgan fingerprint density at radius 2 is 1.81 bits per heavy atom. The van der Waals surface area contributed by atoms with Crippen LogP contribution in [0, 0.1) is 5.41 Å². The van der Waals surface area contributed by atoms with Crippen LogP contribution in [-0.2, 0) is 24.3 Å². The second kappa shape index (κ2) is 8.10. The summed E-state index contributed by atoms with van der Waals surface area (Å²) in [4.78, 5) is 11.8. The summed E-state index contributed by atoms with van der Waals surface area (Å²) >= 11 is 0. The Bertz CT molecular complexity index is 427. The van der Waals surface area contributed by atoms with Crippen LogP contribution in [-0.4, -0.2) is 57.4 Å². The van der Waals surface area contributed by atoms with Gasteiger partial charge >= 0.3 is 5.97 Å². The third-order valence-corrected chi connectivity index (χ3v) is 4.32. The van der Waals surface area contributed by atoms with E-state index in [1.165, 1.54) is 11.4 Å². The topological polar surface area (TPSA) is 72.9 Å². The van der Waals surface area contributed by atoms with Crippen molar-refractivity contribution >= 4 is 16.0 Å². The zero-order chi connectivity index (χ0) is 16.8. The number of carbonyl (C=O) groups is 1. The molecular formula is C14H29NO5S. The molecule has 0 aliphatic rings. The summed E-state index contributed by atoms with van der Waals surface area (Å²) in [5.74, 6) is -0.331. The van der Waals surface area contributed by atoms with E-state index in [9.17, 15) is 13.2 Å². The minimum Gasteiger partial charge on any atom is -0.462 e. The quantitative estimate of drug-likeness (QED) is 0.635. The van der Waals surface area contributed by atoms with Gasteiger partial charge in [0.2, 0.25) is 10.0 Å². The van der Waals surface area contributed by atoms with E-state index in [0.29, 0.717) is 0 Å². The van der Waals surface area contributed by atoms with Gasteiger partial charge in [0.15, 0.2) is 0 Å². The number of esters is 1. The minimum absolute atomic E-state index is 0.0312. The maximum atomic E-state index is 11.8. The van der Waals surface area contributed by atoms with E-state index in [2.05, 4.69) is 0 Å². The third-order valence-electron chi connectivity index (χ3n) is 3.04. The largest absolute Gasteiger partial charge is 0.462 e. The molecule has 0 rings (SSSR count). The smallest absolute Gasteiger partial charge is 0.311 e. The average molecular weight is 323 g/mol. The van der Waals surface area contributed by atoms with Crippen LogP contribution in [0.25, 0.3) is 0 Å². The van der Waals surface area contributed by atoms with E-state index in [-0.39, 0.29) is 25.2 Å².